The van der Waals surface area contributed by atoms with Crippen LogP contribution >= 0.6 is 0 Å². The maximum absolute atomic E-state index is 14.4. The Hall–Kier alpha value is -4.16. The van der Waals surface area contributed by atoms with Crippen molar-refractivity contribution in [2.24, 2.45) is 0 Å². The second-order valence-corrected chi connectivity index (χ2v) is 8.55. The highest BCUT2D eigenvalue weighted by Crippen LogP contribution is 2.36. The fourth-order valence-corrected chi connectivity index (χ4v) is 4.36. The number of nitrogens with one attached hydrogen (secondary N) is 1. The second kappa shape index (κ2) is 9.71. The molecule has 0 radical (unpaired) electrons. The number of methoxy groups -OCH3 is 1. The van der Waals surface area contributed by atoms with Crippen molar-refractivity contribution < 1.29 is 27.0 Å². The van der Waals surface area contributed by atoms with E-state index in [-0.39, 0.29) is 5.92 Å². The zero-order valence-corrected chi connectivity index (χ0v) is 20.0. The van der Waals surface area contributed by atoms with Crippen LogP contribution in [0, 0.1) is 12.7 Å². The Morgan fingerprint density at radius 3 is 2.59 bits per heavy atom. The lowest BCUT2D eigenvalue weighted by Crippen LogP contribution is -2.18. The molecule has 1 aliphatic rings. The summed E-state index contributed by atoms with van der Waals surface area (Å²) < 4.78 is 64.7. The van der Waals surface area contributed by atoms with Gasteiger partial charge in [0.05, 0.1) is 7.11 Å². The third kappa shape index (κ3) is 5.34. The van der Waals surface area contributed by atoms with E-state index in [0.717, 1.165) is 25.0 Å². The highest BCUT2D eigenvalue weighted by atomic mass is 19.4. The van der Waals surface area contributed by atoms with Gasteiger partial charge in [-0.15, -0.1) is 18.3 Å². The van der Waals surface area contributed by atoms with Crippen LogP contribution in [0.2, 0.25) is 0 Å². The van der Waals surface area contributed by atoms with Gasteiger partial charge in [-0.2, -0.15) is 10.1 Å². The maximum atomic E-state index is 14.4. The standard InChI is InChI=1S/C24H23F4N7O2/c1-14-29-13-35(32-14)19-8-7-16(12-21(19)36-2)30-23-31-22-17(5-3-4-10-34(22)33-23)15-6-9-20(18(25)11-15)37-24(26,27)28/h6-9,11-13,17H,3-5,10H2,1-2H3,(H,30,33). The minimum atomic E-state index is -4.97. The van der Waals surface area contributed by atoms with E-state index >= 15 is 0 Å². The van der Waals surface area contributed by atoms with Crippen molar-refractivity contribution in [2.75, 3.05) is 12.4 Å². The van der Waals surface area contributed by atoms with Crippen molar-refractivity contribution in [3.63, 3.8) is 0 Å². The molecule has 5 rings (SSSR count). The molecule has 1 N–H and O–H groups in total. The number of benzene rings is 2. The average Bonchev–Trinajstić information content (AvgIpc) is 3.40. The number of fused-ring (bicyclic) bond motifs is 1. The van der Waals surface area contributed by atoms with E-state index in [4.69, 9.17) is 4.74 Å². The lowest BCUT2D eigenvalue weighted by atomic mass is 9.93. The molecule has 3 heterocycles. The number of alkyl halides is 3. The van der Waals surface area contributed by atoms with Crippen molar-refractivity contribution in [1.29, 1.82) is 0 Å². The number of aryl methyl sites for hydroxylation is 2. The third-order valence-electron chi connectivity index (χ3n) is 6.00. The van der Waals surface area contributed by atoms with Gasteiger partial charge in [-0.05, 0) is 49.6 Å². The monoisotopic (exact) mass is 517 g/mol. The van der Waals surface area contributed by atoms with Gasteiger partial charge in [-0.3, -0.25) is 0 Å². The van der Waals surface area contributed by atoms with Gasteiger partial charge in [0.15, 0.2) is 11.6 Å². The molecule has 4 aromatic rings. The largest absolute Gasteiger partial charge is 0.573 e. The van der Waals surface area contributed by atoms with Gasteiger partial charge in [0.1, 0.15) is 29.4 Å². The van der Waals surface area contributed by atoms with Gasteiger partial charge in [-0.1, -0.05) is 12.5 Å². The minimum absolute atomic E-state index is 0.339. The Morgan fingerprint density at radius 2 is 1.89 bits per heavy atom. The zero-order valence-electron chi connectivity index (χ0n) is 20.0. The van der Waals surface area contributed by atoms with E-state index in [0.29, 0.717) is 53.3 Å². The first-order valence-corrected chi connectivity index (χ1v) is 11.5. The van der Waals surface area contributed by atoms with Crippen LogP contribution in [-0.2, 0) is 6.54 Å². The Balaban J connectivity index is 1.41. The van der Waals surface area contributed by atoms with Crippen LogP contribution in [0.1, 0.15) is 42.4 Å². The highest BCUT2D eigenvalue weighted by Gasteiger charge is 2.33. The van der Waals surface area contributed by atoms with E-state index in [9.17, 15) is 17.6 Å². The van der Waals surface area contributed by atoms with Crippen LogP contribution < -0.4 is 14.8 Å². The van der Waals surface area contributed by atoms with Crippen LogP contribution in [0.4, 0.5) is 29.2 Å². The molecule has 2 aromatic heterocycles. The summed E-state index contributed by atoms with van der Waals surface area (Å²) >= 11 is 0. The third-order valence-corrected chi connectivity index (χ3v) is 6.00. The Labute approximate surface area is 209 Å². The van der Waals surface area contributed by atoms with Gasteiger partial charge >= 0.3 is 6.36 Å². The van der Waals surface area contributed by atoms with E-state index < -0.39 is 17.9 Å². The molecule has 1 aliphatic heterocycles. The van der Waals surface area contributed by atoms with Crippen molar-refractivity contribution in [2.45, 2.75) is 45.0 Å². The number of aromatic nitrogens is 6. The number of hydrogen-bond donors (Lipinski definition) is 1. The van der Waals surface area contributed by atoms with Crippen LogP contribution in [-0.4, -0.2) is 43.0 Å². The lowest BCUT2D eigenvalue weighted by Gasteiger charge is -2.16. The van der Waals surface area contributed by atoms with Crippen LogP contribution in [0.5, 0.6) is 11.5 Å². The molecule has 0 fully saturated rings. The molecule has 0 aliphatic carbocycles. The fourth-order valence-electron chi connectivity index (χ4n) is 4.36. The van der Waals surface area contributed by atoms with E-state index in [1.165, 1.54) is 6.07 Å². The first-order chi connectivity index (χ1) is 17.7. The Morgan fingerprint density at radius 1 is 1.05 bits per heavy atom. The number of anilines is 2. The summed E-state index contributed by atoms with van der Waals surface area (Å²) in [7, 11) is 1.55. The van der Waals surface area contributed by atoms with Gasteiger partial charge in [0.25, 0.3) is 0 Å². The van der Waals surface area contributed by atoms with Crippen LogP contribution in [0.15, 0.2) is 42.7 Å². The summed E-state index contributed by atoms with van der Waals surface area (Å²) in [5.74, 6) is -0.163. The molecule has 0 amide bonds. The SMILES string of the molecule is COc1cc(Nc2nc3n(n2)CCCCC3c2ccc(OC(F)(F)F)c(F)c2)ccc1-n1cnc(C)n1. The smallest absolute Gasteiger partial charge is 0.494 e. The molecule has 0 saturated heterocycles. The van der Waals surface area contributed by atoms with E-state index in [1.807, 2.05) is 12.1 Å². The molecule has 1 atom stereocenters. The predicted octanol–water partition coefficient (Wildman–Crippen LogP) is 5.27. The molecule has 1 unspecified atom stereocenters. The average molecular weight is 517 g/mol. The normalized spacial score (nSPS) is 15.7. The molecular formula is C24H23F4N7O2. The fraction of sp³-hybridized carbons (Fsp3) is 0.333. The number of hydrogen-bond acceptors (Lipinski definition) is 7. The van der Waals surface area contributed by atoms with Gasteiger partial charge in [0.2, 0.25) is 5.95 Å². The predicted molar refractivity (Wildman–Crippen MR) is 125 cm³/mol. The van der Waals surface area contributed by atoms with Gasteiger partial charge < -0.3 is 14.8 Å². The summed E-state index contributed by atoms with van der Waals surface area (Å²) in [6.45, 7) is 2.41. The molecule has 194 valence electrons. The summed E-state index contributed by atoms with van der Waals surface area (Å²) in [6, 6.07) is 8.93. The molecule has 2 aromatic carbocycles. The second-order valence-electron chi connectivity index (χ2n) is 8.55. The quantitative estimate of drug-likeness (QED) is 0.348. The molecule has 0 spiro atoms. The highest BCUT2D eigenvalue weighted by molar-refractivity contribution is 5.61. The number of ether oxygens (including phenoxy) is 2. The molecular weight excluding hydrogens is 494 g/mol. The molecule has 0 saturated carbocycles. The van der Waals surface area contributed by atoms with Crippen molar-refractivity contribution in [1.82, 2.24) is 29.5 Å². The van der Waals surface area contributed by atoms with Gasteiger partial charge in [-0.25, -0.2) is 18.7 Å². The Kier molecular flexibility index (Phi) is 6.44. The number of rotatable bonds is 6. The molecule has 0 bridgehead atoms. The van der Waals surface area contributed by atoms with Crippen molar-refractivity contribution in [3.8, 4) is 17.2 Å². The first-order valence-electron chi connectivity index (χ1n) is 11.5. The van der Waals surface area contributed by atoms with E-state index in [1.54, 1.807) is 35.8 Å². The Bertz CT molecular complexity index is 1420. The lowest BCUT2D eigenvalue weighted by molar-refractivity contribution is -0.275. The van der Waals surface area contributed by atoms with Crippen molar-refractivity contribution >= 4 is 11.6 Å². The minimum Gasteiger partial charge on any atom is -0.494 e. The summed E-state index contributed by atoms with van der Waals surface area (Å²) in [5.41, 5.74) is 1.89. The van der Waals surface area contributed by atoms with Crippen molar-refractivity contribution in [3.05, 3.63) is 65.8 Å². The van der Waals surface area contributed by atoms with Gasteiger partial charge in [0, 0.05) is 24.2 Å². The molecule has 13 heteroatoms. The summed E-state index contributed by atoms with van der Waals surface area (Å²) in [4.78, 5) is 8.79. The van der Waals surface area contributed by atoms with Crippen LogP contribution in [0.25, 0.3) is 5.69 Å². The van der Waals surface area contributed by atoms with E-state index in [2.05, 4.69) is 30.2 Å². The zero-order chi connectivity index (χ0) is 26.2. The number of nitrogens with zero attached hydrogens (tertiary/aromatic N) is 6. The molecule has 37 heavy (non-hydrogen) atoms. The first kappa shape index (κ1) is 24.5. The summed E-state index contributed by atoms with van der Waals surface area (Å²) in [6.07, 6.45) is -1.05. The molecule has 9 nitrogen and oxygen atoms in total. The number of halogens is 4. The maximum Gasteiger partial charge on any atom is 0.573 e. The summed E-state index contributed by atoms with van der Waals surface area (Å²) in [5, 5.41) is 12.0. The topological polar surface area (TPSA) is 91.9 Å². The van der Waals surface area contributed by atoms with Crippen LogP contribution in [0.3, 0.4) is 0 Å².